The number of benzene rings is 1. The van der Waals surface area contributed by atoms with Crippen molar-refractivity contribution in [3.05, 3.63) is 35.9 Å². The van der Waals surface area contributed by atoms with Crippen LogP contribution >= 0.6 is 0 Å². The van der Waals surface area contributed by atoms with Crippen molar-refractivity contribution in [2.24, 2.45) is 0 Å². The summed E-state index contributed by atoms with van der Waals surface area (Å²) in [7, 11) is 0. The number of aryl methyl sites for hydroxylation is 1. The van der Waals surface area contributed by atoms with Gasteiger partial charge >= 0.3 is 6.61 Å². The highest BCUT2D eigenvalue weighted by Gasteiger charge is 2.14. The van der Waals surface area contributed by atoms with Crippen molar-refractivity contribution >= 4 is 0 Å². The smallest absolute Gasteiger partial charge is 0.387 e. The average Bonchev–Trinajstić information content (AvgIpc) is 2.74. The normalized spacial score (nSPS) is 11.3. The fourth-order valence-electron chi connectivity index (χ4n) is 1.73. The lowest BCUT2D eigenvalue weighted by molar-refractivity contribution is -0.0499. The molecule has 0 spiro atoms. The standard InChI is InChI=1S/C13H15F2N3O/c1-8(2)10-4-5-11(12(6-10)19-13(14)15)18-7-16-9(3)17-18/h4-8,13H,1-3H3. The SMILES string of the molecule is Cc1ncn(-c2ccc(C(C)C)cc2OC(F)F)n1. The molecule has 1 aromatic carbocycles. The van der Waals surface area contributed by atoms with Crippen LogP contribution in [0.3, 0.4) is 0 Å². The molecule has 0 saturated heterocycles. The van der Waals surface area contributed by atoms with E-state index >= 15 is 0 Å². The maximum Gasteiger partial charge on any atom is 0.387 e. The predicted octanol–water partition coefficient (Wildman–Crippen LogP) is 3.30. The minimum atomic E-state index is -2.87. The van der Waals surface area contributed by atoms with E-state index in [9.17, 15) is 8.78 Å². The summed E-state index contributed by atoms with van der Waals surface area (Å²) >= 11 is 0. The Labute approximate surface area is 110 Å². The summed E-state index contributed by atoms with van der Waals surface area (Å²) < 4.78 is 31.0. The number of nitrogens with zero attached hydrogens (tertiary/aromatic N) is 3. The van der Waals surface area contributed by atoms with Crippen molar-refractivity contribution in [2.45, 2.75) is 33.3 Å². The van der Waals surface area contributed by atoms with Gasteiger partial charge in [-0.05, 0) is 30.5 Å². The molecule has 0 saturated carbocycles. The van der Waals surface area contributed by atoms with Crippen LogP contribution in [0, 0.1) is 6.92 Å². The van der Waals surface area contributed by atoms with Crippen LogP contribution in [0.5, 0.6) is 5.75 Å². The van der Waals surface area contributed by atoms with Gasteiger partial charge in [0.1, 0.15) is 17.8 Å². The Morgan fingerprint density at radius 3 is 2.53 bits per heavy atom. The Morgan fingerprint density at radius 1 is 1.26 bits per heavy atom. The molecule has 0 radical (unpaired) electrons. The molecular weight excluding hydrogens is 252 g/mol. The van der Waals surface area contributed by atoms with E-state index in [1.807, 2.05) is 19.9 Å². The third-order valence-electron chi connectivity index (χ3n) is 2.72. The quantitative estimate of drug-likeness (QED) is 0.853. The molecule has 0 aliphatic heterocycles. The molecule has 4 nitrogen and oxygen atoms in total. The van der Waals surface area contributed by atoms with Gasteiger partial charge in [0.2, 0.25) is 0 Å². The zero-order chi connectivity index (χ0) is 14.0. The molecular formula is C13H15F2N3O. The van der Waals surface area contributed by atoms with Crippen molar-refractivity contribution in [2.75, 3.05) is 0 Å². The number of hydrogen-bond donors (Lipinski definition) is 0. The van der Waals surface area contributed by atoms with Crippen LogP contribution in [0.1, 0.15) is 31.2 Å². The third kappa shape index (κ3) is 3.07. The summed E-state index contributed by atoms with van der Waals surface area (Å²) in [6.45, 7) is 2.83. The van der Waals surface area contributed by atoms with Crippen molar-refractivity contribution in [1.82, 2.24) is 14.8 Å². The van der Waals surface area contributed by atoms with Crippen LogP contribution < -0.4 is 4.74 Å². The molecule has 102 valence electrons. The first kappa shape index (κ1) is 13.5. The molecule has 0 aliphatic carbocycles. The van der Waals surface area contributed by atoms with Crippen LogP contribution in [-0.2, 0) is 0 Å². The molecule has 2 rings (SSSR count). The molecule has 0 unspecified atom stereocenters. The summed E-state index contributed by atoms with van der Waals surface area (Å²) in [6.07, 6.45) is 1.47. The summed E-state index contributed by atoms with van der Waals surface area (Å²) in [4.78, 5) is 3.98. The van der Waals surface area contributed by atoms with E-state index in [0.29, 0.717) is 11.5 Å². The molecule has 0 fully saturated rings. The number of hydrogen-bond acceptors (Lipinski definition) is 3. The van der Waals surface area contributed by atoms with Gasteiger partial charge in [-0.1, -0.05) is 19.9 Å². The van der Waals surface area contributed by atoms with Gasteiger partial charge < -0.3 is 4.74 Å². The van der Waals surface area contributed by atoms with Gasteiger partial charge in [-0.3, -0.25) is 0 Å². The van der Waals surface area contributed by atoms with Crippen molar-refractivity contribution < 1.29 is 13.5 Å². The summed E-state index contributed by atoms with van der Waals surface area (Å²) in [5.41, 5.74) is 1.38. The molecule has 0 aliphatic rings. The number of halogens is 2. The number of aromatic nitrogens is 3. The Balaban J connectivity index is 2.47. The largest absolute Gasteiger partial charge is 0.433 e. The molecule has 2 aromatic rings. The minimum Gasteiger partial charge on any atom is -0.433 e. The van der Waals surface area contributed by atoms with Gasteiger partial charge in [0.15, 0.2) is 5.75 Å². The van der Waals surface area contributed by atoms with E-state index in [-0.39, 0.29) is 11.7 Å². The second-order valence-corrected chi connectivity index (χ2v) is 4.50. The number of rotatable bonds is 4. The second-order valence-electron chi connectivity index (χ2n) is 4.50. The second kappa shape index (κ2) is 5.34. The third-order valence-corrected chi connectivity index (χ3v) is 2.72. The Bertz CT molecular complexity index is 567. The maximum atomic E-state index is 12.5. The van der Waals surface area contributed by atoms with Gasteiger partial charge in [-0.2, -0.15) is 13.9 Å². The monoisotopic (exact) mass is 267 g/mol. The molecule has 0 N–H and O–H groups in total. The molecule has 6 heteroatoms. The highest BCUT2D eigenvalue weighted by atomic mass is 19.3. The molecule has 0 atom stereocenters. The van der Waals surface area contributed by atoms with E-state index < -0.39 is 6.61 Å². The van der Waals surface area contributed by atoms with Gasteiger partial charge in [0.05, 0.1) is 0 Å². The summed E-state index contributed by atoms with van der Waals surface area (Å²) in [6, 6.07) is 5.19. The van der Waals surface area contributed by atoms with Crippen LogP contribution in [-0.4, -0.2) is 21.4 Å². The van der Waals surface area contributed by atoms with Gasteiger partial charge in [-0.15, -0.1) is 0 Å². The lowest BCUT2D eigenvalue weighted by Gasteiger charge is -2.13. The molecule has 1 aromatic heterocycles. The Kier molecular flexibility index (Phi) is 3.78. The van der Waals surface area contributed by atoms with Crippen molar-refractivity contribution in [3.63, 3.8) is 0 Å². The topological polar surface area (TPSA) is 39.9 Å². The van der Waals surface area contributed by atoms with Crippen LogP contribution in [0.15, 0.2) is 24.5 Å². The van der Waals surface area contributed by atoms with E-state index in [4.69, 9.17) is 0 Å². The van der Waals surface area contributed by atoms with E-state index in [1.54, 1.807) is 19.1 Å². The fraction of sp³-hybridized carbons (Fsp3) is 0.385. The molecule has 0 amide bonds. The average molecular weight is 267 g/mol. The minimum absolute atomic E-state index is 0.103. The Hall–Kier alpha value is -1.98. The Morgan fingerprint density at radius 2 is 2.00 bits per heavy atom. The number of alkyl halides is 2. The fourth-order valence-corrected chi connectivity index (χ4v) is 1.73. The zero-order valence-corrected chi connectivity index (χ0v) is 11.0. The first-order chi connectivity index (χ1) is 8.97. The first-order valence-electron chi connectivity index (χ1n) is 5.94. The van der Waals surface area contributed by atoms with Crippen molar-refractivity contribution in [3.8, 4) is 11.4 Å². The van der Waals surface area contributed by atoms with Crippen LogP contribution in [0.2, 0.25) is 0 Å². The highest BCUT2D eigenvalue weighted by Crippen LogP contribution is 2.28. The summed E-state index contributed by atoms with van der Waals surface area (Å²) in [5, 5.41) is 4.10. The maximum absolute atomic E-state index is 12.5. The van der Waals surface area contributed by atoms with E-state index in [1.165, 1.54) is 11.0 Å². The van der Waals surface area contributed by atoms with Gasteiger partial charge in [-0.25, -0.2) is 9.67 Å². The lowest BCUT2D eigenvalue weighted by atomic mass is 10.0. The molecule has 19 heavy (non-hydrogen) atoms. The predicted molar refractivity (Wildman–Crippen MR) is 66.8 cm³/mol. The molecule has 1 heterocycles. The lowest BCUT2D eigenvalue weighted by Crippen LogP contribution is -2.07. The van der Waals surface area contributed by atoms with Gasteiger partial charge in [0.25, 0.3) is 0 Å². The highest BCUT2D eigenvalue weighted by molar-refractivity contribution is 5.48. The molecule has 0 bridgehead atoms. The zero-order valence-electron chi connectivity index (χ0n) is 11.0. The van der Waals surface area contributed by atoms with Crippen molar-refractivity contribution in [1.29, 1.82) is 0 Å². The van der Waals surface area contributed by atoms with E-state index in [0.717, 1.165) is 5.56 Å². The van der Waals surface area contributed by atoms with E-state index in [2.05, 4.69) is 14.8 Å². The number of ether oxygens (including phenoxy) is 1. The van der Waals surface area contributed by atoms with Crippen LogP contribution in [0.25, 0.3) is 5.69 Å². The van der Waals surface area contributed by atoms with Gasteiger partial charge in [0, 0.05) is 0 Å². The first-order valence-corrected chi connectivity index (χ1v) is 5.94. The van der Waals surface area contributed by atoms with Crippen LogP contribution in [0.4, 0.5) is 8.78 Å². The summed E-state index contributed by atoms with van der Waals surface area (Å²) in [5.74, 6) is 0.897.